The van der Waals surface area contributed by atoms with Crippen LogP contribution in [-0.4, -0.2) is 64.7 Å². The smallest absolute Gasteiger partial charge is 0.305 e. The molecule has 5 N–H and O–H groups in total. The summed E-state index contributed by atoms with van der Waals surface area (Å²) in [7, 11) is 0. The molecule has 1 aromatic rings. The summed E-state index contributed by atoms with van der Waals surface area (Å²) in [6, 6.07) is 1.37. The molecule has 2 rings (SSSR count). The number of benzene rings is 1. The Balaban J connectivity index is 0.00000398. The molecule has 1 heterocycles. The van der Waals surface area contributed by atoms with E-state index in [1.165, 1.54) is 23.1 Å². The molecular weight excluding hydrogens is 832 g/mol. The zero-order valence-corrected chi connectivity index (χ0v) is 27.3. The normalized spacial score (nSPS) is 16.4. The minimum Gasteiger partial charge on any atom is -0.481 e. The van der Waals surface area contributed by atoms with E-state index in [-0.39, 0.29) is 41.1 Å². The summed E-state index contributed by atoms with van der Waals surface area (Å²) in [6.07, 6.45) is 0.700. The molecule has 10 nitrogen and oxygen atoms in total. The topological polar surface area (TPSA) is 159 Å². The van der Waals surface area contributed by atoms with Crippen LogP contribution < -0.4 is 16.4 Å². The predicted octanol–water partition coefficient (Wildman–Crippen LogP) is 3.61. The maximum atomic E-state index is 13.4. The number of nitrogens with two attached hydrogens (primary N) is 1. The zero-order valence-electron chi connectivity index (χ0n) is 19.9. The summed E-state index contributed by atoms with van der Waals surface area (Å²) in [5.41, 5.74) is 5.55. The Morgan fingerprint density at radius 2 is 1.86 bits per heavy atom. The van der Waals surface area contributed by atoms with Crippen molar-refractivity contribution in [3.63, 3.8) is 0 Å². The van der Waals surface area contributed by atoms with E-state index in [1.807, 2.05) is 0 Å². The SMILES string of the molecule is CC(C)(C)C(NC(=O)c1ccc(N)c(Cl)c1)C(=O)N1CCCC1C(=O)NC(C=O)CC(=O)O.I.II. The lowest BCUT2D eigenvalue weighted by atomic mass is 9.85. The van der Waals surface area contributed by atoms with Crippen molar-refractivity contribution in [3.05, 3.63) is 28.8 Å². The Kier molecular flexibility index (Phi) is 15.7. The molecule has 0 saturated carbocycles. The van der Waals surface area contributed by atoms with Crippen LogP contribution in [0.3, 0.4) is 0 Å². The van der Waals surface area contributed by atoms with Crippen LogP contribution in [0, 0.1) is 5.41 Å². The van der Waals surface area contributed by atoms with Gasteiger partial charge in [0, 0.05) is 49.3 Å². The van der Waals surface area contributed by atoms with Crippen LogP contribution in [-0.2, 0) is 19.2 Å². The zero-order chi connectivity index (χ0) is 26.9. The highest BCUT2D eigenvalue weighted by atomic mass is 128. The number of nitrogens with one attached hydrogen (secondary N) is 2. The maximum Gasteiger partial charge on any atom is 0.305 e. The highest BCUT2D eigenvalue weighted by Gasteiger charge is 2.42. The molecule has 36 heavy (non-hydrogen) atoms. The molecule has 1 fully saturated rings. The molecule has 3 amide bonds. The summed E-state index contributed by atoms with van der Waals surface area (Å²) in [6.45, 7) is 5.64. The molecule has 0 aromatic heterocycles. The van der Waals surface area contributed by atoms with E-state index in [0.717, 1.165) is 0 Å². The first kappa shape index (κ1) is 35.0. The minimum atomic E-state index is -1.23. The summed E-state index contributed by atoms with van der Waals surface area (Å²) < 4.78 is 0. The van der Waals surface area contributed by atoms with Crippen LogP contribution in [0.25, 0.3) is 0 Å². The summed E-state index contributed by atoms with van der Waals surface area (Å²) >= 11 is 10.2. The van der Waals surface area contributed by atoms with Gasteiger partial charge in [0.25, 0.3) is 5.91 Å². The third kappa shape index (κ3) is 10.1. The van der Waals surface area contributed by atoms with Crippen molar-refractivity contribution in [1.82, 2.24) is 15.5 Å². The first-order valence-corrected chi connectivity index (χ1v) is 17.3. The number of carboxylic acids is 1. The second-order valence-corrected chi connectivity index (χ2v) is 9.45. The number of aliphatic carboxylic acids is 1. The predicted molar refractivity (Wildman–Crippen MR) is 165 cm³/mol. The average molecular weight is 863 g/mol. The fourth-order valence-electron chi connectivity index (χ4n) is 3.60. The molecule has 0 aliphatic carbocycles. The lowest BCUT2D eigenvalue weighted by Gasteiger charge is -2.35. The third-order valence-corrected chi connectivity index (χ3v) is 5.70. The molecule has 1 saturated heterocycles. The van der Waals surface area contributed by atoms with Gasteiger partial charge in [0.1, 0.15) is 18.4 Å². The maximum absolute atomic E-state index is 13.4. The van der Waals surface area contributed by atoms with E-state index in [0.29, 0.717) is 24.8 Å². The van der Waals surface area contributed by atoms with E-state index >= 15 is 0 Å². The third-order valence-electron chi connectivity index (χ3n) is 5.38. The van der Waals surface area contributed by atoms with Crippen LogP contribution in [0.15, 0.2) is 18.2 Å². The minimum absolute atomic E-state index is 0. The van der Waals surface area contributed by atoms with Gasteiger partial charge in [0.05, 0.1) is 23.2 Å². The summed E-state index contributed by atoms with van der Waals surface area (Å²) in [4.78, 5) is 62.4. The van der Waals surface area contributed by atoms with Crippen molar-refractivity contribution in [2.45, 2.75) is 58.2 Å². The number of likely N-dealkylation sites (tertiary alicyclic amines) is 1. The van der Waals surface area contributed by atoms with Gasteiger partial charge in [-0.05, 0) is 36.5 Å². The number of halogens is 4. The number of carbonyl (C=O) groups is 5. The van der Waals surface area contributed by atoms with Crippen molar-refractivity contribution < 1.29 is 29.1 Å². The van der Waals surface area contributed by atoms with Crippen LogP contribution in [0.5, 0.6) is 0 Å². The summed E-state index contributed by atoms with van der Waals surface area (Å²) in [5, 5.41) is 14.2. The molecule has 1 aliphatic heterocycles. The van der Waals surface area contributed by atoms with E-state index in [9.17, 15) is 24.0 Å². The van der Waals surface area contributed by atoms with Gasteiger partial charge >= 0.3 is 5.97 Å². The van der Waals surface area contributed by atoms with E-state index in [1.54, 1.807) is 20.8 Å². The highest BCUT2D eigenvalue weighted by molar-refractivity contribution is 15.0. The molecule has 1 aliphatic rings. The Morgan fingerprint density at radius 1 is 1.25 bits per heavy atom. The molecule has 0 spiro atoms. The number of carbonyl (C=O) groups excluding carboxylic acids is 4. The van der Waals surface area contributed by atoms with Gasteiger partial charge in [-0.1, -0.05) is 32.4 Å². The fourth-order valence-corrected chi connectivity index (χ4v) is 3.78. The van der Waals surface area contributed by atoms with Crippen molar-refractivity contribution in [3.8, 4) is 0 Å². The van der Waals surface area contributed by atoms with Gasteiger partial charge in [-0.25, -0.2) is 0 Å². The summed E-state index contributed by atoms with van der Waals surface area (Å²) in [5.74, 6) is -2.81. The Hall–Kier alpha value is -0.950. The Bertz CT molecular complexity index is 960. The number of nitrogen functional groups attached to an aromatic ring is 1. The quantitative estimate of drug-likeness (QED) is 0.177. The monoisotopic (exact) mass is 862 g/mol. The van der Waals surface area contributed by atoms with Gasteiger partial charge in [-0.15, -0.1) is 24.0 Å². The van der Waals surface area contributed by atoms with E-state index in [4.69, 9.17) is 22.4 Å². The van der Waals surface area contributed by atoms with Crippen molar-refractivity contribution in [1.29, 1.82) is 0 Å². The number of nitrogens with zero attached hydrogens (tertiary/aromatic N) is 1. The molecule has 3 atom stereocenters. The second kappa shape index (κ2) is 16.1. The standard InChI is InChI=1S/C22H29ClN4O6.I2.HI/c1-22(2,3)18(26-19(31)12-6-7-15(24)14(23)9-12)21(33)27-8-4-5-16(27)20(32)25-13(11-28)10-17(29)30;1-2;/h6-7,9,11,13,16,18H,4-5,8,10,24H2,1-3H3,(H,25,32)(H,26,31)(H,29,30);;1H. The lowest BCUT2D eigenvalue weighted by Crippen LogP contribution is -2.58. The first-order valence-electron chi connectivity index (χ1n) is 10.6. The molecule has 202 valence electrons. The molecule has 14 heteroatoms. The van der Waals surface area contributed by atoms with Gasteiger partial charge in [-0.3, -0.25) is 19.2 Å². The van der Waals surface area contributed by atoms with Crippen molar-refractivity contribution in [2.75, 3.05) is 12.3 Å². The number of hydrogen-bond donors (Lipinski definition) is 4. The largest absolute Gasteiger partial charge is 0.481 e. The van der Waals surface area contributed by atoms with Gasteiger partial charge in [-0.2, -0.15) is 0 Å². The molecule has 1 aromatic carbocycles. The van der Waals surface area contributed by atoms with Crippen LogP contribution in [0.4, 0.5) is 5.69 Å². The van der Waals surface area contributed by atoms with Crippen molar-refractivity contribution >= 4 is 108 Å². The number of anilines is 1. The van der Waals surface area contributed by atoms with Crippen LogP contribution >= 0.6 is 72.8 Å². The number of amides is 3. The van der Waals surface area contributed by atoms with Gasteiger partial charge in [0.15, 0.2) is 0 Å². The number of rotatable bonds is 8. The second-order valence-electron chi connectivity index (χ2n) is 9.05. The van der Waals surface area contributed by atoms with E-state index in [2.05, 4.69) is 47.9 Å². The van der Waals surface area contributed by atoms with Crippen molar-refractivity contribution in [2.24, 2.45) is 5.41 Å². The van der Waals surface area contributed by atoms with Crippen LogP contribution in [0.2, 0.25) is 5.02 Å². The van der Waals surface area contributed by atoms with E-state index < -0.39 is 53.7 Å². The molecule has 3 unspecified atom stereocenters. The number of aldehydes is 1. The molecule has 0 bridgehead atoms. The Labute approximate surface area is 255 Å². The average Bonchev–Trinajstić information content (AvgIpc) is 3.28. The lowest BCUT2D eigenvalue weighted by molar-refractivity contribution is -0.143. The molecular formula is C22H30ClI3N4O6. The highest BCUT2D eigenvalue weighted by Crippen LogP contribution is 2.27. The molecule has 0 radical (unpaired) electrons. The van der Waals surface area contributed by atoms with Crippen LogP contribution in [0.1, 0.15) is 50.4 Å². The first-order chi connectivity index (χ1) is 16.3. The number of carboxylic acid groups (broad SMARTS) is 1. The Morgan fingerprint density at radius 3 is 2.36 bits per heavy atom. The van der Waals surface area contributed by atoms with Gasteiger partial charge in [0.2, 0.25) is 11.8 Å². The van der Waals surface area contributed by atoms with Gasteiger partial charge < -0.3 is 31.2 Å². The number of hydrogen-bond acceptors (Lipinski definition) is 6. The fraction of sp³-hybridized carbons (Fsp3) is 0.500.